The van der Waals surface area contributed by atoms with E-state index in [1.807, 2.05) is 0 Å². The van der Waals surface area contributed by atoms with Gasteiger partial charge in [0.1, 0.15) is 6.04 Å². The number of rotatable bonds is 5. The van der Waals surface area contributed by atoms with Crippen LogP contribution in [0.4, 0.5) is 5.69 Å². The fourth-order valence-electron chi connectivity index (χ4n) is 2.97. The van der Waals surface area contributed by atoms with E-state index in [0.717, 1.165) is 36.2 Å². The lowest BCUT2D eigenvalue weighted by molar-refractivity contribution is -0.122. The molecule has 23 heavy (non-hydrogen) atoms. The van der Waals surface area contributed by atoms with Crippen molar-refractivity contribution in [2.75, 3.05) is 10.6 Å². The third kappa shape index (κ3) is 4.85. The summed E-state index contributed by atoms with van der Waals surface area (Å²) in [7, 11) is -3.59. The van der Waals surface area contributed by atoms with Gasteiger partial charge in [-0.3, -0.25) is 9.10 Å². The topological polar surface area (TPSA) is 66.5 Å². The van der Waals surface area contributed by atoms with Crippen molar-refractivity contribution >= 4 is 33.2 Å². The van der Waals surface area contributed by atoms with Crippen molar-refractivity contribution in [1.82, 2.24) is 5.32 Å². The first-order valence-electron chi connectivity index (χ1n) is 7.84. The fourth-order valence-corrected chi connectivity index (χ4v) is 4.27. The Labute approximate surface area is 143 Å². The molecule has 1 saturated carbocycles. The fraction of sp³-hybridized carbons (Fsp3) is 0.562. The number of hydrogen-bond acceptors (Lipinski definition) is 3. The van der Waals surface area contributed by atoms with Crippen LogP contribution in [-0.2, 0) is 14.8 Å². The van der Waals surface area contributed by atoms with Gasteiger partial charge in [0.05, 0.1) is 11.9 Å². The van der Waals surface area contributed by atoms with E-state index in [4.69, 9.17) is 11.6 Å². The Balaban J connectivity index is 2.17. The third-order valence-electron chi connectivity index (χ3n) is 4.12. The minimum Gasteiger partial charge on any atom is -0.352 e. The average molecular weight is 359 g/mol. The standard InChI is InChI=1S/C16H23ClN2O3S/c1-12(16(20)18-14-6-4-3-5-7-14)19(23(2,21)22)15-10-8-13(17)9-11-15/h8-12,14H,3-7H2,1-2H3,(H,18,20). The van der Waals surface area contributed by atoms with Crippen LogP contribution in [0.5, 0.6) is 0 Å². The van der Waals surface area contributed by atoms with Crippen LogP contribution in [0.1, 0.15) is 39.0 Å². The predicted octanol–water partition coefficient (Wildman–Crippen LogP) is 2.94. The van der Waals surface area contributed by atoms with E-state index in [1.165, 1.54) is 6.42 Å². The van der Waals surface area contributed by atoms with Crippen molar-refractivity contribution in [2.45, 2.75) is 51.1 Å². The molecular formula is C16H23ClN2O3S. The third-order valence-corrected chi connectivity index (χ3v) is 5.61. The highest BCUT2D eigenvalue weighted by molar-refractivity contribution is 7.92. The smallest absolute Gasteiger partial charge is 0.243 e. The number of carbonyl (C=O) groups excluding carboxylic acids is 1. The number of benzene rings is 1. The van der Waals surface area contributed by atoms with Gasteiger partial charge in [-0.05, 0) is 44.0 Å². The summed E-state index contributed by atoms with van der Waals surface area (Å²) in [5.74, 6) is -0.266. The van der Waals surface area contributed by atoms with Crippen molar-refractivity contribution in [3.8, 4) is 0 Å². The molecule has 0 saturated heterocycles. The van der Waals surface area contributed by atoms with Crippen LogP contribution < -0.4 is 9.62 Å². The number of nitrogens with zero attached hydrogens (tertiary/aromatic N) is 1. The van der Waals surface area contributed by atoms with Crippen molar-refractivity contribution in [1.29, 1.82) is 0 Å². The summed E-state index contributed by atoms with van der Waals surface area (Å²) >= 11 is 5.85. The number of hydrogen-bond donors (Lipinski definition) is 1. The Morgan fingerprint density at radius 2 is 1.78 bits per heavy atom. The van der Waals surface area contributed by atoms with Crippen molar-refractivity contribution in [3.05, 3.63) is 29.3 Å². The maximum atomic E-state index is 12.5. The average Bonchev–Trinajstić information content (AvgIpc) is 2.49. The maximum Gasteiger partial charge on any atom is 0.243 e. The molecule has 1 aliphatic carbocycles. The quantitative estimate of drug-likeness (QED) is 0.880. The van der Waals surface area contributed by atoms with Gasteiger partial charge in [-0.1, -0.05) is 30.9 Å². The minimum atomic E-state index is -3.59. The van der Waals surface area contributed by atoms with Gasteiger partial charge in [0.15, 0.2) is 0 Å². The normalized spacial score (nSPS) is 17.5. The second kappa shape index (κ2) is 7.53. The number of carbonyl (C=O) groups is 1. The molecule has 128 valence electrons. The molecular weight excluding hydrogens is 336 g/mol. The molecule has 1 unspecified atom stereocenters. The molecule has 0 bridgehead atoms. The van der Waals surface area contributed by atoms with Crippen LogP contribution in [0.25, 0.3) is 0 Å². The Morgan fingerprint density at radius 1 is 1.22 bits per heavy atom. The molecule has 1 amide bonds. The summed E-state index contributed by atoms with van der Waals surface area (Å²) in [4.78, 5) is 12.5. The second-order valence-corrected chi connectivity index (χ2v) is 8.35. The first-order valence-corrected chi connectivity index (χ1v) is 10.1. The van der Waals surface area contributed by atoms with Crippen molar-refractivity contribution in [3.63, 3.8) is 0 Å². The van der Waals surface area contributed by atoms with Crippen molar-refractivity contribution < 1.29 is 13.2 Å². The molecule has 0 radical (unpaired) electrons. The first-order chi connectivity index (χ1) is 10.8. The summed E-state index contributed by atoms with van der Waals surface area (Å²) in [6.45, 7) is 1.60. The van der Waals surface area contributed by atoms with Crippen molar-refractivity contribution in [2.24, 2.45) is 0 Å². The van der Waals surface area contributed by atoms with Gasteiger partial charge < -0.3 is 5.32 Å². The van der Waals surface area contributed by atoms with Crippen LogP contribution in [0, 0.1) is 0 Å². The Bertz CT molecular complexity index is 640. The molecule has 1 aliphatic rings. The summed E-state index contributed by atoms with van der Waals surface area (Å²) in [6.07, 6.45) is 6.42. The van der Waals surface area contributed by atoms with Gasteiger partial charge in [-0.25, -0.2) is 8.42 Å². The van der Waals surface area contributed by atoms with E-state index in [0.29, 0.717) is 10.7 Å². The molecule has 5 nitrogen and oxygen atoms in total. The highest BCUT2D eigenvalue weighted by Gasteiger charge is 2.30. The van der Waals surface area contributed by atoms with E-state index >= 15 is 0 Å². The number of nitrogens with one attached hydrogen (secondary N) is 1. The van der Waals surface area contributed by atoms with E-state index in [2.05, 4.69) is 5.32 Å². The van der Waals surface area contributed by atoms with Crippen LogP contribution in [-0.4, -0.2) is 32.7 Å². The molecule has 0 spiro atoms. The van der Waals surface area contributed by atoms with Crippen LogP contribution >= 0.6 is 11.6 Å². The molecule has 0 aromatic heterocycles. The molecule has 0 aliphatic heterocycles. The molecule has 1 aromatic carbocycles. The molecule has 1 aromatic rings. The van der Waals surface area contributed by atoms with Crippen LogP contribution in [0.3, 0.4) is 0 Å². The lowest BCUT2D eigenvalue weighted by atomic mass is 9.95. The molecule has 1 N–H and O–H groups in total. The van der Waals surface area contributed by atoms with Gasteiger partial charge in [0, 0.05) is 11.1 Å². The minimum absolute atomic E-state index is 0.144. The zero-order valence-corrected chi connectivity index (χ0v) is 15.0. The van der Waals surface area contributed by atoms with Gasteiger partial charge >= 0.3 is 0 Å². The zero-order valence-electron chi connectivity index (χ0n) is 13.5. The summed E-state index contributed by atoms with van der Waals surface area (Å²) in [6, 6.07) is 5.77. The first kappa shape index (κ1) is 18.1. The summed E-state index contributed by atoms with van der Waals surface area (Å²) < 4.78 is 25.5. The maximum absolute atomic E-state index is 12.5. The van der Waals surface area contributed by atoms with Gasteiger partial charge in [0.25, 0.3) is 0 Å². The molecule has 2 rings (SSSR count). The Hall–Kier alpha value is -1.27. The lowest BCUT2D eigenvalue weighted by Gasteiger charge is -2.30. The van der Waals surface area contributed by atoms with Crippen LogP contribution in [0.15, 0.2) is 24.3 Å². The molecule has 7 heteroatoms. The number of amides is 1. The van der Waals surface area contributed by atoms with E-state index < -0.39 is 16.1 Å². The molecule has 0 heterocycles. The Kier molecular flexibility index (Phi) is 5.92. The van der Waals surface area contributed by atoms with Gasteiger partial charge in [-0.2, -0.15) is 0 Å². The van der Waals surface area contributed by atoms with Gasteiger partial charge in [-0.15, -0.1) is 0 Å². The number of anilines is 1. The van der Waals surface area contributed by atoms with Crippen LogP contribution in [0.2, 0.25) is 5.02 Å². The largest absolute Gasteiger partial charge is 0.352 e. The number of sulfonamides is 1. The highest BCUT2D eigenvalue weighted by Crippen LogP contribution is 2.24. The monoisotopic (exact) mass is 358 g/mol. The molecule has 1 fully saturated rings. The Morgan fingerprint density at radius 3 is 2.30 bits per heavy atom. The SMILES string of the molecule is CC(C(=O)NC1CCCCC1)N(c1ccc(Cl)cc1)S(C)(=O)=O. The second-order valence-electron chi connectivity index (χ2n) is 6.05. The zero-order chi connectivity index (χ0) is 17.0. The van der Waals surface area contributed by atoms with E-state index in [-0.39, 0.29) is 11.9 Å². The molecule has 1 atom stereocenters. The summed E-state index contributed by atoms with van der Waals surface area (Å²) in [5.41, 5.74) is 0.434. The van der Waals surface area contributed by atoms with E-state index in [1.54, 1.807) is 31.2 Å². The van der Waals surface area contributed by atoms with E-state index in [9.17, 15) is 13.2 Å². The van der Waals surface area contributed by atoms with Gasteiger partial charge in [0.2, 0.25) is 15.9 Å². The predicted molar refractivity (Wildman–Crippen MR) is 93.3 cm³/mol. The number of halogens is 1. The highest BCUT2D eigenvalue weighted by atomic mass is 35.5. The summed E-state index contributed by atoms with van der Waals surface area (Å²) in [5, 5.41) is 3.50. The lowest BCUT2D eigenvalue weighted by Crippen LogP contribution is -2.50.